The highest BCUT2D eigenvalue weighted by Crippen LogP contribution is 2.41. The SMILES string of the molecule is Cn1cc(-c2cc(NC(=O)c3cc4c(n3C)CN3CN4Cc4c3cc(C(=O)Nc3cc(-c5cc(C(=O)On6nnc7ccccc76)n(C)c5)n(C)c3)n4C)cn2C)cc1C(=O)OCc1ccccc1. The smallest absolute Gasteiger partial charge is 0.382 e. The highest BCUT2D eigenvalue weighted by molar-refractivity contribution is 6.06. The molecule has 0 saturated carbocycles. The lowest BCUT2D eigenvalue weighted by molar-refractivity contribution is 0.0396. The number of para-hydroxylation sites is 1. The lowest BCUT2D eigenvalue weighted by Gasteiger charge is -2.42. The highest BCUT2D eigenvalue weighted by Gasteiger charge is 2.36. The Balaban J connectivity index is 0.752. The van der Waals surface area contributed by atoms with Gasteiger partial charge in [0.15, 0.2) is 0 Å². The number of hydrogen-bond donors (Lipinski definition) is 2. The molecule has 0 radical (unpaired) electrons. The number of aryl methyl sites for hydroxylation is 4. The van der Waals surface area contributed by atoms with E-state index in [1.54, 1.807) is 47.5 Å². The molecule has 9 heterocycles. The van der Waals surface area contributed by atoms with Crippen molar-refractivity contribution in [3.63, 3.8) is 0 Å². The second-order valence-corrected chi connectivity index (χ2v) is 17.6. The highest BCUT2D eigenvalue weighted by atomic mass is 16.7. The number of aromatic nitrogens is 9. The molecule has 69 heavy (non-hydrogen) atoms. The monoisotopic (exact) mass is 925 g/mol. The lowest BCUT2D eigenvalue weighted by Crippen LogP contribution is -2.46. The van der Waals surface area contributed by atoms with Crippen molar-refractivity contribution in [1.29, 1.82) is 0 Å². The van der Waals surface area contributed by atoms with Crippen molar-refractivity contribution in [2.45, 2.75) is 19.7 Å². The average molecular weight is 926 g/mol. The first kappa shape index (κ1) is 42.6. The third kappa shape index (κ3) is 7.49. The van der Waals surface area contributed by atoms with Crippen LogP contribution in [0, 0.1) is 0 Å². The summed E-state index contributed by atoms with van der Waals surface area (Å²) in [7, 11) is 11.1. The fourth-order valence-electron chi connectivity index (χ4n) is 9.48. The number of nitrogens with zero attached hydrogens (tertiary/aromatic N) is 11. The topological polar surface area (TPSA) is 178 Å². The molecule has 11 rings (SSSR count). The number of carbonyl (C=O) groups excluding carboxylic acids is 4. The van der Waals surface area contributed by atoms with Gasteiger partial charge in [0.1, 0.15) is 40.4 Å². The van der Waals surface area contributed by atoms with Crippen molar-refractivity contribution in [3.05, 3.63) is 156 Å². The largest absolute Gasteiger partial charge is 0.456 e. The van der Waals surface area contributed by atoms with Crippen LogP contribution in [0.25, 0.3) is 33.5 Å². The molecule has 348 valence electrons. The summed E-state index contributed by atoms with van der Waals surface area (Å²) in [6, 6.07) is 27.9. The van der Waals surface area contributed by atoms with Crippen LogP contribution in [0.15, 0.2) is 116 Å². The molecule has 19 nitrogen and oxygen atoms in total. The molecule has 2 aliphatic rings. The van der Waals surface area contributed by atoms with Gasteiger partial charge in [-0.1, -0.05) is 47.3 Å². The van der Waals surface area contributed by atoms with Crippen LogP contribution in [-0.4, -0.2) is 73.0 Å². The van der Waals surface area contributed by atoms with Gasteiger partial charge in [-0.25, -0.2) is 9.59 Å². The van der Waals surface area contributed by atoms with Crippen LogP contribution < -0.4 is 25.3 Å². The second-order valence-electron chi connectivity index (χ2n) is 17.6. The number of hydrogen-bond acceptors (Lipinski definition) is 10. The summed E-state index contributed by atoms with van der Waals surface area (Å²) in [5.41, 5.74) is 12.1. The minimum absolute atomic E-state index is 0.178. The predicted molar refractivity (Wildman–Crippen MR) is 258 cm³/mol. The van der Waals surface area contributed by atoms with Crippen LogP contribution in [-0.2, 0) is 66.7 Å². The number of benzene rings is 2. The Hall–Kier alpha value is -9.00. The van der Waals surface area contributed by atoms with E-state index < -0.39 is 11.9 Å². The van der Waals surface area contributed by atoms with E-state index >= 15 is 0 Å². The van der Waals surface area contributed by atoms with Gasteiger partial charge < -0.3 is 57.4 Å². The number of amides is 2. The maximum atomic E-state index is 14.0. The third-order valence-electron chi connectivity index (χ3n) is 13.1. The molecule has 0 saturated heterocycles. The van der Waals surface area contributed by atoms with E-state index in [0.29, 0.717) is 64.9 Å². The number of anilines is 4. The third-order valence-corrected chi connectivity index (χ3v) is 13.1. The Morgan fingerprint density at radius 3 is 1.67 bits per heavy atom. The van der Waals surface area contributed by atoms with Crippen LogP contribution in [0.3, 0.4) is 0 Å². The zero-order chi connectivity index (χ0) is 47.8. The number of fused-ring (bicyclic) bond motifs is 7. The standard InChI is InChI=1S/C50H47N13O6/c1-55-22-31(16-43(55)49(66)68-28-30-12-8-7-9-13-30)37-18-33(24-57(37)3)51-47(64)41-20-39-45(59(41)5)26-62-29-61(39)27-46-40(62)21-42(60(46)6)48(65)52-34-19-38(58(4)25-34)32-17-44(56(2)23-32)50(67)69-63-36-15-11-10-14-35(36)53-54-63/h7-25H,26-29H2,1-6H3,(H,51,64)(H,52,65). The number of ether oxygens (including phenoxy) is 1. The molecule has 9 aromatic rings. The van der Waals surface area contributed by atoms with Crippen molar-refractivity contribution in [3.8, 4) is 22.5 Å². The van der Waals surface area contributed by atoms with Gasteiger partial charge in [-0.2, -0.15) is 0 Å². The van der Waals surface area contributed by atoms with Crippen LogP contribution in [0.1, 0.15) is 58.9 Å². The maximum absolute atomic E-state index is 14.0. The summed E-state index contributed by atoms with van der Waals surface area (Å²) in [6.07, 6.45) is 7.38. The Labute approximate surface area is 394 Å². The van der Waals surface area contributed by atoms with E-state index in [0.717, 1.165) is 55.7 Å². The molecule has 0 spiro atoms. The molecule has 0 aliphatic carbocycles. The molecule has 2 bridgehead atoms. The van der Waals surface area contributed by atoms with E-state index in [1.807, 2.05) is 138 Å². The fraction of sp³-hybridized carbons (Fsp3) is 0.200. The average Bonchev–Trinajstić information content (AvgIpc) is 4.22. The van der Waals surface area contributed by atoms with Crippen molar-refractivity contribution in [2.75, 3.05) is 27.1 Å². The summed E-state index contributed by atoms with van der Waals surface area (Å²) in [5, 5.41) is 14.2. The summed E-state index contributed by atoms with van der Waals surface area (Å²) < 4.78 is 16.7. The van der Waals surface area contributed by atoms with Crippen LogP contribution in [0.5, 0.6) is 0 Å². The Morgan fingerprint density at radius 1 is 0.580 bits per heavy atom. The molecule has 2 aliphatic heterocycles. The van der Waals surface area contributed by atoms with E-state index in [2.05, 4.69) is 30.7 Å². The Kier molecular flexibility index (Phi) is 10.1. The van der Waals surface area contributed by atoms with Crippen LogP contribution >= 0.6 is 0 Å². The normalized spacial score (nSPS) is 12.8. The molecular formula is C50H47N13O6. The first-order valence-corrected chi connectivity index (χ1v) is 22.2. The van der Waals surface area contributed by atoms with Crippen molar-refractivity contribution >= 4 is 57.5 Å². The maximum Gasteiger partial charge on any atom is 0.382 e. The predicted octanol–water partition coefficient (Wildman–Crippen LogP) is 6.22. The minimum atomic E-state index is -0.598. The van der Waals surface area contributed by atoms with E-state index in [4.69, 9.17) is 9.57 Å². The summed E-state index contributed by atoms with van der Waals surface area (Å²) in [6.45, 7) is 1.85. The molecule has 7 aromatic heterocycles. The van der Waals surface area contributed by atoms with Crippen LogP contribution in [0.4, 0.5) is 22.7 Å². The van der Waals surface area contributed by atoms with E-state index in [1.165, 1.54) is 0 Å². The molecule has 19 heteroatoms. The molecule has 2 aromatic carbocycles. The molecule has 2 N–H and O–H groups in total. The first-order valence-electron chi connectivity index (χ1n) is 22.2. The van der Waals surface area contributed by atoms with Crippen molar-refractivity contribution in [2.24, 2.45) is 42.3 Å². The van der Waals surface area contributed by atoms with Crippen LogP contribution in [0.2, 0.25) is 0 Å². The number of carbonyl (C=O) groups is 4. The summed E-state index contributed by atoms with van der Waals surface area (Å²) in [4.78, 5) is 65.3. The van der Waals surface area contributed by atoms with E-state index in [-0.39, 0.29) is 18.4 Å². The number of nitrogens with one attached hydrogen (secondary N) is 2. The second kappa shape index (κ2) is 16.4. The van der Waals surface area contributed by atoms with Gasteiger partial charge >= 0.3 is 11.9 Å². The Morgan fingerprint density at radius 2 is 1.10 bits per heavy atom. The zero-order valence-electron chi connectivity index (χ0n) is 38.7. The van der Waals surface area contributed by atoms with Gasteiger partial charge in [0.25, 0.3) is 11.8 Å². The summed E-state index contributed by atoms with van der Waals surface area (Å²) >= 11 is 0. The molecule has 2 amide bonds. The van der Waals surface area contributed by atoms with Crippen molar-refractivity contribution < 1.29 is 28.8 Å². The first-order chi connectivity index (χ1) is 33.3. The fourth-order valence-corrected chi connectivity index (χ4v) is 9.48. The number of rotatable bonds is 11. The lowest BCUT2D eigenvalue weighted by atomic mass is 10.1. The van der Waals surface area contributed by atoms with Gasteiger partial charge in [0, 0.05) is 78.2 Å². The van der Waals surface area contributed by atoms with E-state index in [9.17, 15) is 19.2 Å². The number of esters is 1. The minimum Gasteiger partial charge on any atom is -0.456 e. The van der Waals surface area contributed by atoms with Gasteiger partial charge in [-0.15, -0.1) is 5.10 Å². The molecular weight excluding hydrogens is 879 g/mol. The van der Waals surface area contributed by atoms with Gasteiger partial charge in [-0.3, -0.25) is 9.59 Å². The molecule has 0 atom stereocenters. The summed E-state index contributed by atoms with van der Waals surface area (Å²) in [5.74, 6) is -1.53. The quantitative estimate of drug-likeness (QED) is 0.112. The van der Waals surface area contributed by atoms with Gasteiger partial charge in [0.2, 0.25) is 0 Å². The van der Waals surface area contributed by atoms with Crippen molar-refractivity contribution in [1.82, 2.24) is 42.6 Å². The molecule has 0 fully saturated rings. The molecule has 0 unspecified atom stereocenters. The Bertz CT molecular complexity index is 3540. The van der Waals surface area contributed by atoms with Gasteiger partial charge in [0.05, 0.1) is 65.3 Å². The zero-order valence-corrected chi connectivity index (χ0v) is 38.7. The van der Waals surface area contributed by atoms with Gasteiger partial charge in [-0.05, 0) is 59.3 Å².